The number of nitrogens with zero attached hydrogens (tertiary/aromatic N) is 3. The normalized spacial score (nSPS) is 18.9. The minimum absolute atomic E-state index is 0.795. The average Bonchev–Trinajstić information content (AvgIpc) is 3.00. The van der Waals surface area contributed by atoms with E-state index in [4.69, 9.17) is 16.1 Å². The van der Waals surface area contributed by atoms with E-state index >= 15 is 0 Å². The van der Waals surface area contributed by atoms with E-state index in [-0.39, 0.29) is 0 Å². The monoisotopic (exact) mass is 331 g/mol. The lowest BCUT2D eigenvalue weighted by Gasteiger charge is -2.35. The van der Waals surface area contributed by atoms with Gasteiger partial charge in [0.15, 0.2) is 0 Å². The van der Waals surface area contributed by atoms with Crippen molar-refractivity contribution in [1.29, 1.82) is 0 Å². The van der Waals surface area contributed by atoms with Gasteiger partial charge >= 0.3 is 0 Å². The summed E-state index contributed by atoms with van der Waals surface area (Å²) in [5.74, 6) is 1.13. The van der Waals surface area contributed by atoms with Crippen molar-refractivity contribution in [2.45, 2.75) is 32.2 Å². The van der Waals surface area contributed by atoms with Crippen LogP contribution in [0.1, 0.15) is 29.9 Å². The predicted molar refractivity (Wildman–Crippen MR) is 92.1 cm³/mol. The number of fused-ring (bicyclic) bond motifs is 1. The molecule has 0 amide bonds. The highest BCUT2D eigenvalue weighted by Gasteiger charge is 2.23. The Balaban J connectivity index is 1.36. The summed E-state index contributed by atoms with van der Waals surface area (Å²) in [6.45, 7) is 5.13. The molecule has 1 fully saturated rings. The second-order valence-electron chi connectivity index (χ2n) is 6.48. The molecule has 0 unspecified atom stereocenters. The topological polar surface area (TPSA) is 32.5 Å². The molecule has 1 aromatic heterocycles. The Kier molecular flexibility index (Phi) is 4.27. The van der Waals surface area contributed by atoms with Gasteiger partial charge in [0, 0.05) is 55.4 Å². The fourth-order valence-electron chi connectivity index (χ4n) is 3.60. The van der Waals surface area contributed by atoms with Gasteiger partial charge < -0.3 is 9.42 Å². The van der Waals surface area contributed by atoms with E-state index in [0.717, 1.165) is 56.3 Å². The van der Waals surface area contributed by atoms with Gasteiger partial charge in [-0.05, 0) is 43.5 Å². The first-order valence-electron chi connectivity index (χ1n) is 8.49. The van der Waals surface area contributed by atoms with Gasteiger partial charge in [-0.15, -0.1) is 0 Å². The molecule has 0 saturated carbocycles. The number of aryl methyl sites for hydroxylation is 1. The number of hydrogen-bond donors (Lipinski definition) is 0. The van der Waals surface area contributed by atoms with Gasteiger partial charge in [0.1, 0.15) is 11.5 Å². The minimum atomic E-state index is 0.795. The average molecular weight is 332 g/mol. The second-order valence-corrected chi connectivity index (χ2v) is 6.91. The molecule has 0 radical (unpaired) electrons. The van der Waals surface area contributed by atoms with Crippen molar-refractivity contribution in [1.82, 2.24) is 10.1 Å². The molecule has 0 atom stereocenters. The van der Waals surface area contributed by atoms with Crippen molar-refractivity contribution in [3.05, 3.63) is 46.3 Å². The number of hydrogen-bond acceptors (Lipinski definition) is 4. The molecule has 4 nitrogen and oxygen atoms in total. The van der Waals surface area contributed by atoms with E-state index in [1.54, 1.807) is 0 Å². The van der Waals surface area contributed by atoms with Crippen LogP contribution in [0.15, 0.2) is 28.8 Å². The largest absolute Gasteiger partial charge is 0.369 e. The van der Waals surface area contributed by atoms with Crippen LogP contribution in [0.25, 0.3) is 0 Å². The summed E-state index contributed by atoms with van der Waals surface area (Å²) in [4.78, 5) is 4.91. The fourth-order valence-corrected chi connectivity index (χ4v) is 3.73. The number of rotatable bonds is 3. The Hall–Kier alpha value is -1.52. The van der Waals surface area contributed by atoms with E-state index < -0.39 is 0 Å². The smallest absolute Gasteiger partial charge is 0.140 e. The summed E-state index contributed by atoms with van der Waals surface area (Å²) in [6.07, 6.45) is 4.71. The molecule has 1 saturated heterocycles. The summed E-state index contributed by atoms with van der Waals surface area (Å²) < 4.78 is 5.53. The van der Waals surface area contributed by atoms with Crippen molar-refractivity contribution >= 4 is 17.3 Å². The fraction of sp³-hybridized carbons (Fsp3) is 0.500. The van der Waals surface area contributed by atoms with Gasteiger partial charge in [-0.25, -0.2) is 0 Å². The number of aromatic nitrogens is 1. The van der Waals surface area contributed by atoms with Gasteiger partial charge in [-0.2, -0.15) is 0 Å². The van der Waals surface area contributed by atoms with E-state index in [0.29, 0.717) is 0 Å². The standard InChI is InChI=1S/C18H22ClN3O/c19-14-5-7-15(8-6-14)22-11-9-21(10-12-22)13-17-16-3-1-2-4-18(16)23-20-17/h5-8H,1-4,9-13H2. The third-order valence-corrected chi connectivity index (χ3v) is 5.22. The lowest BCUT2D eigenvalue weighted by atomic mass is 9.96. The molecule has 2 aromatic rings. The van der Waals surface area contributed by atoms with Gasteiger partial charge in [0.2, 0.25) is 0 Å². The second kappa shape index (κ2) is 6.54. The first kappa shape index (κ1) is 15.0. The quantitative estimate of drug-likeness (QED) is 0.861. The highest BCUT2D eigenvalue weighted by Crippen LogP contribution is 2.26. The van der Waals surface area contributed by atoms with Gasteiger partial charge in [0.05, 0.1) is 0 Å². The third-order valence-electron chi connectivity index (χ3n) is 4.97. The van der Waals surface area contributed by atoms with E-state index in [1.165, 1.54) is 29.8 Å². The highest BCUT2D eigenvalue weighted by molar-refractivity contribution is 6.30. The van der Waals surface area contributed by atoms with Crippen LogP contribution >= 0.6 is 11.6 Å². The Morgan fingerprint density at radius 1 is 1.00 bits per heavy atom. The van der Waals surface area contributed by atoms with Crippen molar-refractivity contribution in [2.24, 2.45) is 0 Å². The number of piperazine rings is 1. The van der Waals surface area contributed by atoms with Crippen LogP contribution < -0.4 is 4.90 Å². The van der Waals surface area contributed by atoms with Crippen molar-refractivity contribution in [2.75, 3.05) is 31.1 Å². The number of halogens is 1. The van der Waals surface area contributed by atoms with Crippen molar-refractivity contribution < 1.29 is 4.52 Å². The first-order valence-corrected chi connectivity index (χ1v) is 8.86. The van der Waals surface area contributed by atoms with E-state index in [1.807, 2.05) is 12.1 Å². The Morgan fingerprint density at radius 3 is 2.52 bits per heavy atom. The number of benzene rings is 1. The maximum Gasteiger partial charge on any atom is 0.140 e. The van der Waals surface area contributed by atoms with Crippen LogP contribution in [0.4, 0.5) is 5.69 Å². The maximum absolute atomic E-state index is 5.97. The lowest BCUT2D eigenvalue weighted by Crippen LogP contribution is -2.46. The Bertz CT molecular complexity index is 659. The molecule has 1 aliphatic carbocycles. The van der Waals surface area contributed by atoms with Gasteiger partial charge in [-0.1, -0.05) is 16.8 Å². The zero-order valence-electron chi connectivity index (χ0n) is 13.3. The zero-order valence-corrected chi connectivity index (χ0v) is 14.1. The SMILES string of the molecule is Clc1ccc(N2CCN(Cc3noc4c3CCCC4)CC2)cc1. The van der Waals surface area contributed by atoms with Crippen LogP contribution in [0.5, 0.6) is 0 Å². The molecule has 23 heavy (non-hydrogen) atoms. The van der Waals surface area contributed by atoms with E-state index in [2.05, 4.69) is 27.1 Å². The summed E-state index contributed by atoms with van der Waals surface area (Å²) in [5, 5.41) is 5.13. The van der Waals surface area contributed by atoms with Crippen LogP contribution in [-0.2, 0) is 19.4 Å². The first-order chi connectivity index (χ1) is 11.3. The predicted octanol–water partition coefficient (Wildman–Crippen LogP) is 3.53. The molecule has 5 heteroatoms. The minimum Gasteiger partial charge on any atom is -0.369 e. The molecule has 4 rings (SSSR count). The summed E-state index contributed by atoms with van der Waals surface area (Å²) in [5.41, 5.74) is 3.81. The zero-order chi connectivity index (χ0) is 15.6. The van der Waals surface area contributed by atoms with E-state index in [9.17, 15) is 0 Å². The van der Waals surface area contributed by atoms with Crippen LogP contribution in [0, 0.1) is 0 Å². The molecule has 1 aliphatic heterocycles. The van der Waals surface area contributed by atoms with Gasteiger partial charge in [-0.3, -0.25) is 4.90 Å². The molecular weight excluding hydrogens is 310 g/mol. The Morgan fingerprint density at radius 2 is 1.74 bits per heavy atom. The lowest BCUT2D eigenvalue weighted by molar-refractivity contribution is 0.241. The highest BCUT2D eigenvalue weighted by atomic mass is 35.5. The molecule has 1 aromatic carbocycles. The van der Waals surface area contributed by atoms with Gasteiger partial charge in [0.25, 0.3) is 0 Å². The summed E-state index contributed by atoms with van der Waals surface area (Å²) in [6, 6.07) is 8.13. The van der Waals surface area contributed by atoms with Crippen LogP contribution in [0.2, 0.25) is 5.02 Å². The molecule has 0 bridgehead atoms. The molecule has 0 spiro atoms. The van der Waals surface area contributed by atoms with Crippen molar-refractivity contribution in [3.8, 4) is 0 Å². The molecule has 2 aliphatic rings. The molecule has 2 heterocycles. The molecule has 0 N–H and O–H groups in total. The third kappa shape index (κ3) is 3.24. The summed E-state index contributed by atoms with van der Waals surface area (Å²) >= 11 is 5.97. The number of anilines is 1. The van der Waals surface area contributed by atoms with Crippen molar-refractivity contribution in [3.63, 3.8) is 0 Å². The Labute approximate surface area is 142 Å². The maximum atomic E-state index is 5.97. The van der Waals surface area contributed by atoms with Crippen LogP contribution in [-0.4, -0.2) is 36.2 Å². The molecule has 122 valence electrons. The summed E-state index contributed by atoms with van der Waals surface area (Å²) in [7, 11) is 0. The molecular formula is C18H22ClN3O. The van der Waals surface area contributed by atoms with Crippen LogP contribution in [0.3, 0.4) is 0 Å².